The topological polar surface area (TPSA) is 27.2 Å². The molecule has 0 aliphatic carbocycles. The summed E-state index contributed by atoms with van der Waals surface area (Å²) < 4.78 is 4.59. The van der Waals surface area contributed by atoms with Gasteiger partial charge in [-0.25, -0.2) is 0 Å². The summed E-state index contributed by atoms with van der Waals surface area (Å²) in [4.78, 5) is 1.52. The molecule has 5 heteroatoms. The van der Waals surface area contributed by atoms with Gasteiger partial charge in [-0.05, 0) is 17.8 Å². The summed E-state index contributed by atoms with van der Waals surface area (Å²) in [6, 6.07) is 8.71. The van der Waals surface area contributed by atoms with Gasteiger partial charge in [-0.1, -0.05) is 24.3 Å². The molecular weight excluding hydrogens is 244 g/mol. The van der Waals surface area contributed by atoms with Crippen LogP contribution in [0.4, 0.5) is 0 Å². The number of nitrogens with one attached hydrogen (secondary N) is 1. The molecule has 0 fully saturated rings. The highest BCUT2D eigenvalue weighted by Gasteiger charge is 2.19. The van der Waals surface area contributed by atoms with Crippen molar-refractivity contribution in [3.8, 4) is 0 Å². The van der Waals surface area contributed by atoms with E-state index in [4.69, 9.17) is 12.2 Å². The molecule has 0 bridgehead atoms. The number of hydrogen-bond acceptors (Lipinski definition) is 2. The van der Waals surface area contributed by atoms with E-state index in [0.717, 1.165) is 31.0 Å². The zero-order valence-electron chi connectivity index (χ0n) is 10.5. The number of rotatable bonds is 2. The van der Waals surface area contributed by atoms with Crippen LogP contribution in [-0.2, 0) is 26.7 Å². The number of hydrogen-bond donors (Lipinski definition) is 1. The molecule has 94 valence electrons. The van der Waals surface area contributed by atoms with Crippen LogP contribution < -0.4 is 4.90 Å². The normalized spacial score (nSPS) is 18.6. The minimum Gasteiger partial charge on any atom is -0.312 e. The van der Waals surface area contributed by atoms with Crippen LogP contribution in [0, 0.1) is 4.77 Å². The Labute approximate surface area is 111 Å². The van der Waals surface area contributed by atoms with E-state index in [2.05, 4.69) is 29.4 Å². The molecule has 18 heavy (non-hydrogen) atoms. The molecule has 0 radical (unpaired) electrons. The fourth-order valence-electron chi connectivity index (χ4n) is 2.52. The van der Waals surface area contributed by atoms with E-state index >= 15 is 0 Å². The van der Waals surface area contributed by atoms with Crippen molar-refractivity contribution >= 4 is 12.2 Å². The van der Waals surface area contributed by atoms with E-state index in [1.165, 1.54) is 16.0 Å². The maximum atomic E-state index is 5.32. The molecule has 1 aromatic carbocycles. The summed E-state index contributed by atoms with van der Waals surface area (Å²) in [5.41, 5.74) is 2.95. The second kappa shape index (κ2) is 4.66. The Balaban J connectivity index is 1.77. The Morgan fingerprint density at radius 3 is 2.83 bits per heavy atom. The zero-order valence-corrected chi connectivity index (χ0v) is 11.3. The van der Waals surface area contributed by atoms with Crippen molar-refractivity contribution in [3.05, 3.63) is 46.5 Å². The summed E-state index contributed by atoms with van der Waals surface area (Å²) in [6.45, 7) is 3.07. The van der Waals surface area contributed by atoms with Gasteiger partial charge < -0.3 is 9.47 Å². The van der Waals surface area contributed by atoms with Gasteiger partial charge in [-0.3, -0.25) is 0 Å². The average Bonchev–Trinajstić information content (AvgIpc) is 2.71. The number of benzene rings is 1. The third kappa shape index (κ3) is 2.11. The van der Waals surface area contributed by atoms with Gasteiger partial charge in [0.25, 0.3) is 0 Å². The molecule has 1 aliphatic rings. The van der Waals surface area contributed by atoms with E-state index in [1.807, 2.05) is 16.3 Å². The first kappa shape index (κ1) is 11.6. The predicted molar refractivity (Wildman–Crippen MR) is 71.7 cm³/mol. The van der Waals surface area contributed by atoms with Crippen LogP contribution >= 0.6 is 12.2 Å². The Morgan fingerprint density at radius 1 is 1.33 bits per heavy atom. The number of fused-ring (bicyclic) bond motifs is 1. The van der Waals surface area contributed by atoms with Crippen LogP contribution in [0.5, 0.6) is 0 Å². The van der Waals surface area contributed by atoms with Gasteiger partial charge in [0, 0.05) is 19.0 Å². The quantitative estimate of drug-likeness (QED) is 0.799. The summed E-state index contributed by atoms with van der Waals surface area (Å²) >= 11 is 5.32. The fraction of sp³-hybridized carbons (Fsp3) is 0.385. The van der Waals surface area contributed by atoms with Crippen molar-refractivity contribution in [1.29, 1.82) is 0 Å². The number of nitrogens with zero attached hydrogens (tertiary/aromatic N) is 3. The van der Waals surface area contributed by atoms with Crippen LogP contribution in [0.25, 0.3) is 0 Å². The Bertz CT molecular complexity index is 613. The van der Waals surface area contributed by atoms with Crippen LogP contribution in [0.1, 0.15) is 11.1 Å². The van der Waals surface area contributed by atoms with Gasteiger partial charge in [0.2, 0.25) is 4.77 Å². The lowest BCUT2D eigenvalue weighted by molar-refractivity contribution is -0.939. The minimum atomic E-state index is 0.793. The minimum absolute atomic E-state index is 0.793. The number of aryl methyl sites for hydroxylation is 1. The molecule has 0 saturated carbocycles. The van der Waals surface area contributed by atoms with E-state index in [0.29, 0.717) is 0 Å². The predicted octanol–water partition coefficient (Wildman–Crippen LogP) is 0.550. The maximum absolute atomic E-state index is 5.32. The van der Waals surface area contributed by atoms with Gasteiger partial charge in [0.1, 0.15) is 12.9 Å². The summed E-state index contributed by atoms with van der Waals surface area (Å²) in [5, 5.41) is 4.32. The highest BCUT2D eigenvalue weighted by Crippen LogP contribution is 2.10. The van der Waals surface area contributed by atoms with Crippen molar-refractivity contribution < 1.29 is 4.90 Å². The van der Waals surface area contributed by atoms with E-state index in [9.17, 15) is 0 Å². The number of aromatic nitrogens is 3. The fourth-order valence-corrected chi connectivity index (χ4v) is 2.68. The van der Waals surface area contributed by atoms with Crippen molar-refractivity contribution in [2.24, 2.45) is 7.05 Å². The van der Waals surface area contributed by atoms with Crippen molar-refractivity contribution in [2.45, 2.75) is 19.6 Å². The first-order valence-corrected chi connectivity index (χ1v) is 6.63. The summed E-state index contributed by atoms with van der Waals surface area (Å²) in [6.07, 6.45) is 2.92. The lowest BCUT2D eigenvalue weighted by Gasteiger charge is -2.25. The Morgan fingerprint density at radius 2 is 2.11 bits per heavy atom. The highest BCUT2D eigenvalue weighted by molar-refractivity contribution is 7.71. The molecular formula is C13H17N4S+. The smallest absolute Gasteiger partial charge is 0.202 e. The lowest BCUT2D eigenvalue weighted by Crippen LogP contribution is -3.11. The van der Waals surface area contributed by atoms with Gasteiger partial charge in [0.05, 0.1) is 6.54 Å². The Hall–Kier alpha value is -1.46. The van der Waals surface area contributed by atoms with Gasteiger partial charge in [0.15, 0.2) is 6.67 Å². The van der Waals surface area contributed by atoms with Crippen LogP contribution in [0.2, 0.25) is 0 Å². The lowest BCUT2D eigenvalue weighted by atomic mass is 10.0. The largest absolute Gasteiger partial charge is 0.312 e. The molecule has 0 spiro atoms. The molecule has 1 atom stereocenters. The van der Waals surface area contributed by atoms with E-state index < -0.39 is 0 Å². The third-order valence-corrected chi connectivity index (χ3v) is 4.07. The SMILES string of the molecule is Cn1cnn(C[NH+]2CCc3ccccc3C2)c1=S. The molecule has 4 nitrogen and oxygen atoms in total. The van der Waals surface area contributed by atoms with Gasteiger partial charge in [-0.2, -0.15) is 9.78 Å². The van der Waals surface area contributed by atoms with Crippen LogP contribution in [0.15, 0.2) is 30.6 Å². The van der Waals surface area contributed by atoms with Crippen molar-refractivity contribution in [3.63, 3.8) is 0 Å². The molecule has 0 saturated heterocycles. The first-order chi connectivity index (χ1) is 8.74. The molecule has 0 amide bonds. The highest BCUT2D eigenvalue weighted by atomic mass is 32.1. The summed E-state index contributed by atoms with van der Waals surface area (Å²) in [7, 11) is 1.94. The van der Waals surface area contributed by atoms with Crippen molar-refractivity contribution in [1.82, 2.24) is 14.3 Å². The number of quaternary nitrogens is 1. The molecule has 2 aromatic rings. The maximum Gasteiger partial charge on any atom is 0.202 e. The molecule has 1 aliphatic heterocycles. The average molecular weight is 261 g/mol. The second-order valence-electron chi connectivity index (χ2n) is 4.88. The van der Waals surface area contributed by atoms with E-state index in [1.54, 1.807) is 6.33 Å². The molecule has 1 aromatic heterocycles. The second-order valence-corrected chi connectivity index (χ2v) is 5.24. The van der Waals surface area contributed by atoms with Crippen LogP contribution in [-0.4, -0.2) is 20.9 Å². The molecule has 2 heterocycles. The van der Waals surface area contributed by atoms with Gasteiger partial charge in [-0.15, -0.1) is 0 Å². The van der Waals surface area contributed by atoms with Gasteiger partial charge >= 0.3 is 0 Å². The standard InChI is InChI=1S/C13H16N4S/c1-15-9-14-17(13(15)18)10-16-7-6-11-4-2-3-5-12(11)8-16/h2-5,9H,6-8,10H2,1H3/p+1. The third-order valence-electron chi connectivity index (χ3n) is 3.57. The van der Waals surface area contributed by atoms with E-state index in [-0.39, 0.29) is 0 Å². The molecule has 3 rings (SSSR count). The summed E-state index contributed by atoms with van der Waals surface area (Å²) in [5.74, 6) is 0. The monoisotopic (exact) mass is 261 g/mol. The molecule has 1 N–H and O–H groups in total. The zero-order chi connectivity index (χ0) is 12.5. The molecule has 1 unspecified atom stereocenters. The van der Waals surface area contributed by atoms with Crippen molar-refractivity contribution in [2.75, 3.05) is 6.54 Å². The Kier molecular flexibility index (Phi) is 3.01. The van der Waals surface area contributed by atoms with Crippen LogP contribution in [0.3, 0.4) is 0 Å². The first-order valence-electron chi connectivity index (χ1n) is 6.23.